The SMILES string of the molecule is Cc1cccc(NC(=O)CNC(=O)CN(CC(C)C)C(=O)c2ccc(F)cc2)c1. The summed E-state index contributed by atoms with van der Waals surface area (Å²) in [5, 5.41) is 5.24. The van der Waals surface area contributed by atoms with Gasteiger partial charge in [-0.15, -0.1) is 0 Å². The summed E-state index contributed by atoms with van der Waals surface area (Å²) in [5.41, 5.74) is 1.96. The molecule has 0 bridgehead atoms. The molecule has 0 aliphatic rings. The van der Waals surface area contributed by atoms with Gasteiger partial charge in [0.1, 0.15) is 5.82 Å². The molecule has 0 heterocycles. The van der Waals surface area contributed by atoms with E-state index in [4.69, 9.17) is 0 Å². The molecule has 0 aliphatic carbocycles. The molecule has 2 aromatic carbocycles. The normalized spacial score (nSPS) is 10.5. The van der Waals surface area contributed by atoms with Crippen LogP contribution >= 0.6 is 0 Å². The zero-order valence-corrected chi connectivity index (χ0v) is 16.9. The zero-order valence-electron chi connectivity index (χ0n) is 16.9. The summed E-state index contributed by atoms with van der Waals surface area (Å²) in [4.78, 5) is 38.4. The minimum Gasteiger partial charge on any atom is -0.345 e. The summed E-state index contributed by atoms with van der Waals surface area (Å²) >= 11 is 0. The van der Waals surface area contributed by atoms with Gasteiger partial charge in [-0.1, -0.05) is 26.0 Å². The average Bonchev–Trinajstić information content (AvgIpc) is 2.65. The summed E-state index contributed by atoms with van der Waals surface area (Å²) in [6.07, 6.45) is 0. The number of anilines is 1. The summed E-state index contributed by atoms with van der Waals surface area (Å²) in [6, 6.07) is 12.5. The predicted octanol–water partition coefficient (Wildman–Crippen LogP) is 2.99. The Labute approximate surface area is 170 Å². The number of hydrogen-bond donors (Lipinski definition) is 2. The molecule has 3 amide bonds. The first-order chi connectivity index (χ1) is 13.7. The highest BCUT2D eigenvalue weighted by molar-refractivity contribution is 5.98. The highest BCUT2D eigenvalue weighted by Crippen LogP contribution is 2.10. The Morgan fingerprint density at radius 3 is 2.34 bits per heavy atom. The second-order valence-corrected chi connectivity index (χ2v) is 7.28. The number of carbonyl (C=O) groups excluding carboxylic acids is 3. The Bertz CT molecular complexity index is 866. The fourth-order valence-electron chi connectivity index (χ4n) is 2.77. The van der Waals surface area contributed by atoms with Crippen LogP contribution in [0.4, 0.5) is 10.1 Å². The van der Waals surface area contributed by atoms with Crippen LogP contribution in [0.25, 0.3) is 0 Å². The van der Waals surface area contributed by atoms with Gasteiger partial charge in [0.2, 0.25) is 11.8 Å². The number of nitrogens with one attached hydrogen (secondary N) is 2. The summed E-state index contributed by atoms with van der Waals surface area (Å²) < 4.78 is 13.1. The molecule has 0 aliphatic heterocycles. The van der Waals surface area contributed by atoms with E-state index < -0.39 is 11.7 Å². The smallest absolute Gasteiger partial charge is 0.254 e. The molecular formula is C22H26FN3O3. The molecule has 0 aromatic heterocycles. The number of hydrogen-bond acceptors (Lipinski definition) is 3. The van der Waals surface area contributed by atoms with Crippen molar-refractivity contribution in [3.63, 3.8) is 0 Å². The van der Waals surface area contributed by atoms with Crippen LogP contribution in [0.2, 0.25) is 0 Å². The molecule has 7 heteroatoms. The lowest BCUT2D eigenvalue weighted by Gasteiger charge is -2.24. The maximum absolute atomic E-state index is 13.1. The number of nitrogens with zero attached hydrogens (tertiary/aromatic N) is 1. The fourth-order valence-corrected chi connectivity index (χ4v) is 2.77. The third-order valence-electron chi connectivity index (χ3n) is 4.05. The molecule has 2 aromatic rings. The third-order valence-corrected chi connectivity index (χ3v) is 4.05. The molecule has 0 fully saturated rings. The highest BCUT2D eigenvalue weighted by atomic mass is 19.1. The van der Waals surface area contributed by atoms with Crippen LogP contribution in [0.15, 0.2) is 48.5 Å². The van der Waals surface area contributed by atoms with Crippen molar-refractivity contribution in [2.75, 3.05) is 25.0 Å². The minimum atomic E-state index is -0.444. The molecule has 0 saturated heterocycles. The van der Waals surface area contributed by atoms with Crippen LogP contribution in [0.3, 0.4) is 0 Å². The van der Waals surface area contributed by atoms with E-state index >= 15 is 0 Å². The minimum absolute atomic E-state index is 0.136. The Hall–Kier alpha value is -3.22. The second-order valence-electron chi connectivity index (χ2n) is 7.28. The van der Waals surface area contributed by atoms with E-state index in [1.54, 1.807) is 6.07 Å². The van der Waals surface area contributed by atoms with E-state index in [0.29, 0.717) is 17.8 Å². The maximum atomic E-state index is 13.1. The molecule has 0 atom stereocenters. The molecule has 29 heavy (non-hydrogen) atoms. The number of rotatable bonds is 8. The number of amides is 3. The summed E-state index contributed by atoms with van der Waals surface area (Å²) in [7, 11) is 0. The van der Waals surface area contributed by atoms with Gasteiger partial charge in [-0.3, -0.25) is 14.4 Å². The molecule has 0 radical (unpaired) electrons. The van der Waals surface area contributed by atoms with Crippen LogP contribution < -0.4 is 10.6 Å². The topological polar surface area (TPSA) is 78.5 Å². The first-order valence-electron chi connectivity index (χ1n) is 9.42. The monoisotopic (exact) mass is 399 g/mol. The van der Waals surface area contributed by atoms with E-state index in [-0.39, 0.29) is 30.8 Å². The van der Waals surface area contributed by atoms with E-state index in [9.17, 15) is 18.8 Å². The van der Waals surface area contributed by atoms with Gasteiger partial charge in [-0.25, -0.2) is 4.39 Å². The second kappa shape index (κ2) is 10.4. The lowest BCUT2D eigenvalue weighted by Crippen LogP contribution is -2.44. The molecular weight excluding hydrogens is 373 g/mol. The van der Waals surface area contributed by atoms with Crippen LogP contribution in [0, 0.1) is 18.7 Å². The summed E-state index contributed by atoms with van der Waals surface area (Å²) in [5.74, 6) is -1.46. The Morgan fingerprint density at radius 1 is 1.03 bits per heavy atom. The van der Waals surface area contributed by atoms with Crippen molar-refractivity contribution in [1.82, 2.24) is 10.2 Å². The fraction of sp³-hybridized carbons (Fsp3) is 0.318. The van der Waals surface area contributed by atoms with E-state index in [0.717, 1.165) is 5.56 Å². The lowest BCUT2D eigenvalue weighted by atomic mass is 10.1. The van der Waals surface area contributed by atoms with E-state index in [1.165, 1.54) is 29.2 Å². The van der Waals surface area contributed by atoms with Gasteiger partial charge >= 0.3 is 0 Å². The van der Waals surface area contributed by atoms with Gasteiger partial charge in [0, 0.05) is 17.8 Å². The average molecular weight is 399 g/mol. The van der Waals surface area contributed by atoms with Gasteiger partial charge in [-0.2, -0.15) is 0 Å². The molecule has 0 unspecified atom stereocenters. The van der Waals surface area contributed by atoms with Gasteiger partial charge in [0.05, 0.1) is 13.1 Å². The molecule has 0 saturated carbocycles. The maximum Gasteiger partial charge on any atom is 0.254 e. The summed E-state index contributed by atoms with van der Waals surface area (Å²) in [6.45, 7) is 5.74. The van der Waals surface area contributed by atoms with Crippen molar-refractivity contribution in [3.05, 3.63) is 65.5 Å². The third kappa shape index (κ3) is 7.37. The molecule has 2 N–H and O–H groups in total. The number of aryl methyl sites for hydroxylation is 1. The molecule has 2 rings (SSSR count). The quantitative estimate of drug-likeness (QED) is 0.716. The Kier molecular flexibility index (Phi) is 7.88. The number of benzene rings is 2. The standard InChI is InChI=1S/C22H26FN3O3/c1-15(2)13-26(22(29)17-7-9-18(23)10-8-17)14-21(28)24-12-20(27)25-19-6-4-5-16(3)11-19/h4-11,15H,12-14H2,1-3H3,(H,24,28)(H,25,27). The molecule has 154 valence electrons. The number of carbonyl (C=O) groups is 3. The van der Waals surface area contributed by atoms with Gasteiger partial charge in [0.25, 0.3) is 5.91 Å². The molecule has 0 spiro atoms. The van der Waals surface area contributed by atoms with Crippen LogP contribution in [-0.2, 0) is 9.59 Å². The van der Waals surface area contributed by atoms with Crippen LogP contribution in [-0.4, -0.2) is 42.3 Å². The van der Waals surface area contributed by atoms with Crippen LogP contribution in [0.5, 0.6) is 0 Å². The first kappa shape index (κ1) is 22.1. The first-order valence-corrected chi connectivity index (χ1v) is 9.42. The molecule has 6 nitrogen and oxygen atoms in total. The van der Waals surface area contributed by atoms with Crippen molar-refractivity contribution < 1.29 is 18.8 Å². The Morgan fingerprint density at radius 2 is 1.72 bits per heavy atom. The Balaban J connectivity index is 1.92. The van der Waals surface area contributed by atoms with Gasteiger partial charge < -0.3 is 15.5 Å². The van der Waals surface area contributed by atoms with Crippen molar-refractivity contribution in [3.8, 4) is 0 Å². The van der Waals surface area contributed by atoms with Crippen molar-refractivity contribution in [2.45, 2.75) is 20.8 Å². The van der Waals surface area contributed by atoms with Gasteiger partial charge in [-0.05, 0) is 54.8 Å². The predicted molar refractivity (Wildman–Crippen MR) is 110 cm³/mol. The van der Waals surface area contributed by atoms with Crippen molar-refractivity contribution in [1.29, 1.82) is 0 Å². The lowest BCUT2D eigenvalue weighted by molar-refractivity contribution is -0.124. The largest absolute Gasteiger partial charge is 0.345 e. The zero-order chi connectivity index (χ0) is 21.4. The van der Waals surface area contributed by atoms with Gasteiger partial charge in [0.15, 0.2) is 0 Å². The van der Waals surface area contributed by atoms with E-state index in [1.807, 2.05) is 39.0 Å². The van der Waals surface area contributed by atoms with Crippen molar-refractivity contribution >= 4 is 23.4 Å². The number of halogens is 1. The highest BCUT2D eigenvalue weighted by Gasteiger charge is 2.20. The van der Waals surface area contributed by atoms with Crippen LogP contribution in [0.1, 0.15) is 29.8 Å². The van der Waals surface area contributed by atoms with E-state index in [2.05, 4.69) is 10.6 Å². The van der Waals surface area contributed by atoms with Crippen molar-refractivity contribution in [2.24, 2.45) is 5.92 Å².